The highest BCUT2D eigenvalue weighted by molar-refractivity contribution is 7.98. The fourth-order valence-corrected chi connectivity index (χ4v) is 2.99. The average molecular weight is 313 g/mol. The van der Waals surface area contributed by atoms with Gasteiger partial charge in [0.15, 0.2) is 0 Å². The molecule has 1 saturated heterocycles. The first-order chi connectivity index (χ1) is 9.85. The summed E-state index contributed by atoms with van der Waals surface area (Å²) in [7, 11) is 0. The minimum Gasteiger partial charge on any atom is -0.480 e. The van der Waals surface area contributed by atoms with Crippen LogP contribution in [0.1, 0.15) is 22.5 Å². The van der Waals surface area contributed by atoms with Crippen molar-refractivity contribution in [3.63, 3.8) is 0 Å². The van der Waals surface area contributed by atoms with Gasteiger partial charge in [-0.2, -0.15) is 4.98 Å². The van der Waals surface area contributed by atoms with Crippen LogP contribution in [-0.2, 0) is 4.79 Å². The lowest BCUT2D eigenvalue weighted by Gasteiger charge is -2.22. The van der Waals surface area contributed by atoms with E-state index in [1.54, 1.807) is 13.2 Å². The van der Waals surface area contributed by atoms with E-state index < -0.39 is 29.7 Å². The number of amides is 1. The molecule has 1 aliphatic heterocycles. The van der Waals surface area contributed by atoms with Crippen LogP contribution in [0.25, 0.3) is 0 Å². The van der Waals surface area contributed by atoms with E-state index in [0.29, 0.717) is 5.69 Å². The van der Waals surface area contributed by atoms with E-state index in [0.717, 1.165) is 16.7 Å². The normalized spacial score (nSPS) is 21.6. The highest BCUT2D eigenvalue weighted by Gasteiger charge is 2.40. The lowest BCUT2D eigenvalue weighted by atomic mass is 10.1. The Hall–Kier alpha value is -1.87. The second-order valence-electron chi connectivity index (χ2n) is 4.75. The number of aliphatic hydroxyl groups excluding tert-OH is 1. The van der Waals surface area contributed by atoms with E-state index in [9.17, 15) is 19.5 Å². The number of likely N-dealkylation sites (tertiary alicyclic amines) is 1. The van der Waals surface area contributed by atoms with Gasteiger partial charge in [0.2, 0.25) is 0 Å². The Labute approximate surface area is 124 Å². The average Bonchev–Trinajstić information content (AvgIpc) is 2.79. The van der Waals surface area contributed by atoms with Crippen molar-refractivity contribution in [2.45, 2.75) is 30.5 Å². The second-order valence-corrected chi connectivity index (χ2v) is 5.55. The maximum Gasteiger partial charge on any atom is 0.346 e. The molecule has 0 aliphatic carbocycles. The number of H-pyrrole nitrogens is 1. The number of carboxylic acids is 1. The minimum atomic E-state index is -1.17. The Kier molecular flexibility index (Phi) is 4.33. The van der Waals surface area contributed by atoms with Gasteiger partial charge in [0, 0.05) is 18.7 Å². The van der Waals surface area contributed by atoms with Crippen LogP contribution in [0, 0.1) is 6.92 Å². The first kappa shape index (κ1) is 15.5. The van der Waals surface area contributed by atoms with Crippen LogP contribution in [0.5, 0.6) is 0 Å². The van der Waals surface area contributed by atoms with Gasteiger partial charge < -0.3 is 20.1 Å². The largest absolute Gasteiger partial charge is 0.480 e. The molecule has 9 heteroatoms. The number of aryl methyl sites for hydroxylation is 1. The fourth-order valence-electron chi connectivity index (χ4n) is 2.37. The number of rotatable bonds is 3. The summed E-state index contributed by atoms with van der Waals surface area (Å²) in [4.78, 5) is 42.4. The molecular formula is C12H15N3O5S. The highest BCUT2D eigenvalue weighted by Crippen LogP contribution is 2.25. The molecule has 1 amide bonds. The molecule has 0 saturated carbocycles. The monoisotopic (exact) mass is 313 g/mol. The molecule has 1 aliphatic rings. The molecule has 1 aromatic heterocycles. The zero-order valence-electron chi connectivity index (χ0n) is 11.5. The Morgan fingerprint density at radius 2 is 2.14 bits per heavy atom. The van der Waals surface area contributed by atoms with Crippen molar-refractivity contribution in [3.05, 3.63) is 21.7 Å². The summed E-state index contributed by atoms with van der Waals surface area (Å²) in [5.74, 6) is -1.72. The van der Waals surface area contributed by atoms with Gasteiger partial charge in [-0.05, 0) is 13.2 Å². The van der Waals surface area contributed by atoms with Gasteiger partial charge >= 0.3 is 11.7 Å². The first-order valence-electron chi connectivity index (χ1n) is 6.22. The molecule has 2 atom stereocenters. The van der Waals surface area contributed by atoms with Gasteiger partial charge in [0.1, 0.15) is 11.1 Å². The van der Waals surface area contributed by atoms with E-state index in [-0.39, 0.29) is 23.6 Å². The van der Waals surface area contributed by atoms with Crippen molar-refractivity contribution in [3.8, 4) is 0 Å². The maximum absolute atomic E-state index is 12.6. The quantitative estimate of drug-likeness (QED) is 0.506. The molecule has 0 spiro atoms. The van der Waals surface area contributed by atoms with Crippen molar-refractivity contribution in [2.75, 3.05) is 12.8 Å². The van der Waals surface area contributed by atoms with E-state index in [1.807, 2.05) is 0 Å². The molecular weight excluding hydrogens is 298 g/mol. The third kappa shape index (κ3) is 2.93. The number of β-amino-alcohol motifs (C(OH)–C–C–N with tert-alkyl or cyclic N) is 1. The van der Waals surface area contributed by atoms with Crippen LogP contribution >= 0.6 is 11.8 Å². The van der Waals surface area contributed by atoms with E-state index in [1.165, 1.54) is 0 Å². The zero-order chi connectivity index (χ0) is 15.7. The van der Waals surface area contributed by atoms with E-state index in [2.05, 4.69) is 9.97 Å². The van der Waals surface area contributed by atoms with Gasteiger partial charge in [-0.25, -0.2) is 9.59 Å². The summed E-state index contributed by atoms with van der Waals surface area (Å²) in [5, 5.41) is 19.0. The SMILES string of the molecule is CSc1nc(=O)[nH]c(C)c1C(=O)N1C[C@H](O)C[C@@H]1C(=O)O. The number of carboxylic acid groups (broad SMARTS) is 1. The Morgan fingerprint density at radius 1 is 1.48 bits per heavy atom. The zero-order valence-corrected chi connectivity index (χ0v) is 12.3. The molecule has 3 N–H and O–H groups in total. The summed E-state index contributed by atoms with van der Waals surface area (Å²) in [6.45, 7) is 1.50. The van der Waals surface area contributed by atoms with E-state index in [4.69, 9.17) is 5.11 Å². The number of carbonyl (C=O) groups excluding carboxylic acids is 1. The molecule has 0 unspecified atom stereocenters. The molecule has 1 fully saturated rings. The molecule has 2 rings (SSSR count). The number of nitrogens with one attached hydrogen (secondary N) is 1. The number of thioether (sulfide) groups is 1. The molecule has 1 aromatic rings. The lowest BCUT2D eigenvalue weighted by Crippen LogP contribution is -2.41. The van der Waals surface area contributed by atoms with Gasteiger partial charge in [-0.1, -0.05) is 0 Å². The first-order valence-corrected chi connectivity index (χ1v) is 7.44. The predicted molar refractivity (Wildman–Crippen MR) is 74.5 cm³/mol. The van der Waals surface area contributed by atoms with Crippen molar-refractivity contribution in [1.82, 2.24) is 14.9 Å². The van der Waals surface area contributed by atoms with Crippen LogP contribution in [0.2, 0.25) is 0 Å². The van der Waals surface area contributed by atoms with Gasteiger partial charge in [0.25, 0.3) is 5.91 Å². The molecule has 0 aromatic carbocycles. The minimum absolute atomic E-state index is 0.00843. The summed E-state index contributed by atoms with van der Waals surface area (Å²) in [6, 6.07) is -1.08. The number of hydrogen-bond donors (Lipinski definition) is 3. The molecule has 0 bridgehead atoms. The van der Waals surface area contributed by atoms with Gasteiger partial charge in [-0.3, -0.25) is 4.79 Å². The van der Waals surface area contributed by atoms with Crippen LogP contribution in [0.3, 0.4) is 0 Å². The third-order valence-electron chi connectivity index (χ3n) is 3.32. The fraction of sp³-hybridized carbons (Fsp3) is 0.500. The molecule has 114 valence electrons. The standard InChI is InChI=1S/C12H15N3O5S/c1-5-8(9(21-2)14-12(20)13-5)10(17)15-4-6(16)3-7(15)11(18)19/h6-7,16H,3-4H2,1-2H3,(H,18,19)(H,13,14,20)/t6-,7-/m1/s1. The molecule has 2 heterocycles. The summed E-state index contributed by atoms with van der Waals surface area (Å²) in [6.07, 6.45) is 0.792. The van der Waals surface area contributed by atoms with Crippen molar-refractivity contribution < 1.29 is 19.8 Å². The van der Waals surface area contributed by atoms with Gasteiger partial charge in [0.05, 0.1) is 11.7 Å². The highest BCUT2D eigenvalue weighted by atomic mass is 32.2. The third-order valence-corrected chi connectivity index (χ3v) is 4.00. The topological polar surface area (TPSA) is 124 Å². The molecule has 8 nitrogen and oxygen atoms in total. The number of aliphatic hydroxyl groups is 1. The predicted octanol–water partition coefficient (Wildman–Crippen LogP) is -0.540. The number of carbonyl (C=O) groups is 2. The van der Waals surface area contributed by atoms with Crippen molar-refractivity contribution in [2.24, 2.45) is 0 Å². The van der Waals surface area contributed by atoms with Crippen molar-refractivity contribution in [1.29, 1.82) is 0 Å². The summed E-state index contributed by atoms with van der Waals surface area (Å²) >= 11 is 1.13. The van der Waals surface area contributed by atoms with E-state index >= 15 is 0 Å². The lowest BCUT2D eigenvalue weighted by molar-refractivity contribution is -0.141. The Balaban J connectivity index is 2.45. The Morgan fingerprint density at radius 3 is 2.71 bits per heavy atom. The van der Waals surface area contributed by atoms with Crippen LogP contribution in [0.4, 0.5) is 0 Å². The number of aromatic nitrogens is 2. The number of hydrogen-bond acceptors (Lipinski definition) is 6. The number of aliphatic carboxylic acids is 1. The molecule has 21 heavy (non-hydrogen) atoms. The number of aromatic amines is 1. The van der Waals surface area contributed by atoms with Gasteiger partial charge in [-0.15, -0.1) is 11.8 Å². The number of nitrogens with zero attached hydrogens (tertiary/aromatic N) is 2. The summed E-state index contributed by atoms with van der Waals surface area (Å²) < 4.78 is 0. The summed E-state index contributed by atoms with van der Waals surface area (Å²) in [5.41, 5.74) is -0.0676. The van der Waals surface area contributed by atoms with Crippen LogP contribution in [-0.4, -0.2) is 61.9 Å². The maximum atomic E-state index is 12.6. The second kappa shape index (κ2) is 5.86. The molecule has 0 radical (unpaired) electrons. The Bertz CT molecular complexity index is 644. The van der Waals surface area contributed by atoms with Crippen LogP contribution < -0.4 is 5.69 Å². The smallest absolute Gasteiger partial charge is 0.346 e. The van der Waals surface area contributed by atoms with Crippen molar-refractivity contribution >= 4 is 23.6 Å². The van der Waals surface area contributed by atoms with Crippen LogP contribution in [0.15, 0.2) is 9.82 Å².